The third-order valence-electron chi connectivity index (χ3n) is 2.66. The van der Waals surface area contributed by atoms with Gasteiger partial charge in [-0.25, -0.2) is 9.67 Å². The van der Waals surface area contributed by atoms with Crippen molar-refractivity contribution in [2.45, 2.75) is 16.7 Å². The predicted octanol–water partition coefficient (Wildman–Crippen LogP) is 1.85. The number of hydrogen-bond acceptors (Lipinski definition) is 6. The average molecular weight is 284 g/mol. The summed E-state index contributed by atoms with van der Waals surface area (Å²) in [6.45, 7) is 0.614. The van der Waals surface area contributed by atoms with Gasteiger partial charge in [0.25, 0.3) is 0 Å². The molecule has 6 nitrogen and oxygen atoms in total. The maximum Gasteiger partial charge on any atom is 0.216 e. The molecule has 0 spiro atoms. The van der Waals surface area contributed by atoms with E-state index in [1.165, 1.54) is 11.8 Å². The van der Waals surface area contributed by atoms with Crippen LogP contribution in [-0.4, -0.2) is 25.2 Å². The highest BCUT2D eigenvalue weighted by atomic mass is 32.2. The molecule has 100 valence electrons. The first-order chi connectivity index (χ1) is 9.83. The number of rotatable bonds is 4. The minimum atomic E-state index is 0.614. The topological polar surface area (TPSA) is 82.5 Å². The number of hydrogen-bond donors (Lipinski definition) is 1. The van der Waals surface area contributed by atoms with Gasteiger partial charge in [-0.2, -0.15) is 0 Å². The Morgan fingerprint density at radius 1 is 1.10 bits per heavy atom. The summed E-state index contributed by atoms with van der Waals surface area (Å²) in [7, 11) is 0. The second-order valence-corrected chi connectivity index (χ2v) is 5.06. The van der Waals surface area contributed by atoms with Crippen molar-refractivity contribution < 1.29 is 0 Å². The summed E-state index contributed by atoms with van der Waals surface area (Å²) in [5, 5.41) is 13.1. The third kappa shape index (κ3) is 2.77. The Balaban J connectivity index is 1.82. The SMILES string of the molecule is Nc1cccnc1Sc1nnnn1Cc1ccccc1. The number of pyridine rings is 1. The number of anilines is 1. The fourth-order valence-corrected chi connectivity index (χ4v) is 2.46. The lowest BCUT2D eigenvalue weighted by atomic mass is 10.2. The highest BCUT2D eigenvalue weighted by Gasteiger charge is 2.11. The molecule has 1 aromatic carbocycles. The van der Waals surface area contributed by atoms with Crippen molar-refractivity contribution in [2.75, 3.05) is 5.73 Å². The van der Waals surface area contributed by atoms with Gasteiger partial charge in [0.15, 0.2) is 0 Å². The molecule has 0 aliphatic carbocycles. The second kappa shape index (κ2) is 5.70. The lowest BCUT2D eigenvalue weighted by Gasteiger charge is -2.05. The fourth-order valence-electron chi connectivity index (χ4n) is 1.70. The van der Waals surface area contributed by atoms with E-state index in [-0.39, 0.29) is 0 Å². The molecule has 2 aromatic heterocycles. The van der Waals surface area contributed by atoms with Crippen molar-refractivity contribution in [1.29, 1.82) is 0 Å². The number of nitrogens with zero attached hydrogens (tertiary/aromatic N) is 5. The number of nitrogens with two attached hydrogens (primary N) is 1. The van der Waals surface area contributed by atoms with Gasteiger partial charge in [-0.05, 0) is 39.9 Å². The Bertz CT molecular complexity index is 697. The van der Waals surface area contributed by atoms with Crippen LogP contribution in [0.5, 0.6) is 0 Å². The van der Waals surface area contributed by atoms with Gasteiger partial charge in [0.2, 0.25) is 5.16 Å². The van der Waals surface area contributed by atoms with Gasteiger partial charge in [0.1, 0.15) is 5.03 Å². The van der Waals surface area contributed by atoms with E-state index in [4.69, 9.17) is 5.73 Å². The summed E-state index contributed by atoms with van der Waals surface area (Å²) in [5.41, 5.74) is 7.63. The van der Waals surface area contributed by atoms with E-state index in [1.807, 2.05) is 30.3 Å². The zero-order valence-corrected chi connectivity index (χ0v) is 11.4. The molecule has 0 atom stereocenters. The van der Waals surface area contributed by atoms with E-state index in [1.54, 1.807) is 23.0 Å². The molecule has 2 heterocycles. The van der Waals surface area contributed by atoms with Crippen LogP contribution in [-0.2, 0) is 6.54 Å². The summed E-state index contributed by atoms with van der Waals surface area (Å²) in [6.07, 6.45) is 1.70. The molecule has 0 saturated carbocycles. The molecule has 0 amide bonds. The van der Waals surface area contributed by atoms with Crippen molar-refractivity contribution in [3.63, 3.8) is 0 Å². The molecule has 3 rings (SSSR count). The molecular formula is C13H12N6S. The summed E-state index contributed by atoms with van der Waals surface area (Å²) in [6, 6.07) is 13.6. The van der Waals surface area contributed by atoms with Crippen LogP contribution in [0.3, 0.4) is 0 Å². The van der Waals surface area contributed by atoms with Gasteiger partial charge in [0.05, 0.1) is 12.2 Å². The lowest BCUT2D eigenvalue weighted by molar-refractivity contribution is 0.602. The van der Waals surface area contributed by atoms with E-state index in [0.29, 0.717) is 22.4 Å². The largest absolute Gasteiger partial charge is 0.397 e. The molecule has 0 fully saturated rings. The molecule has 0 aliphatic heterocycles. The number of aromatic nitrogens is 5. The maximum atomic E-state index is 5.88. The normalized spacial score (nSPS) is 10.6. The molecule has 0 saturated heterocycles. The molecular weight excluding hydrogens is 272 g/mol. The zero-order valence-electron chi connectivity index (χ0n) is 10.5. The van der Waals surface area contributed by atoms with Crippen LogP contribution in [0.25, 0.3) is 0 Å². The quantitative estimate of drug-likeness (QED) is 0.787. The van der Waals surface area contributed by atoms with Gasteiger partial charge >= 0.3 is 0 Å². The van der Waals surface area contributed by atoms with Crippen molar-refractivity contribution >= 4 is 17.4 Å². The molecule has 0 aliphatic rings. The summed E-state index contributed by atoms with van der Waals surface area (Å²) < 4.78 is 1.73. The van der Waals surface area contributed by atoms with Gasteiger partial charge < -0.3 is 5.73 Å². The highest BCUT2D eigenvalue weighted by Crippen LogP contribution is 2.27. The standard InChI is InChI=1S/C13H12N6S/c14-11-7-4-8-15-12(11)20-13-16-17-18-19(13)9-10-5-2-1-3-6-10/h1-8H,9,14H2. The summed E-state index contributed by atoms with van der Waals surface area (Å²) in [4.78, 5) is 4.23. The minimum Gasteiger partial charge on any atom is -0.397 e. The molecule has 7 heteroatoms. The van der Waals surface area contributed by atoms with Gasteiger partial charge in [-0.15, -0.1) is 5.10 Å². The summed E-state index contributed by atoms with van der Waals surface area (Å²) in [5.74, 6) is 0. The Labute approximate surface area is 120 Å². The molecule has 0 unspecified atom stereocenters. The average Bonchev–Trinajstić information content (AvgIpc) is 2.90. The van der Waals surface area contributed by atoms with E-state index in [2.05, 4.69) is 20.5 Å². The monoisotopic (exact) mass is 284 g/mol. The first-order valence-electron chi connectivity index (χ1n) is 6.01. The van der Waals surface area contributed by atoms with E-state index in [0.717, 1.165) is 5.56 Å². The van der Waals surface area contributed by atoms with Crippen LogP contribution < -0.4 is 5.73 Å². The fraction of sp³-hybridized carbons (Fsp3) is 0.0769. The number of benzene rings is 1. The number of nitrogen functional groups attached to an aromatic ring is 1. The summed E-state index contributed by atoms with van der Waals surface area (Å²) >= 11 is 1.36. The van der Waals surface area contributed by atoms with E-state index in [9.17, 15) is 0 Å². The molecule has 0 bridgehead atoms. The zero-order chi connectivity index (χ0) is 13.8. The van der Waals surface area contributed by atoms with Crippen molar-refractivity contribution in [2.24, 2.45) is 0 Å². The minimum absolute atomic E-state index is 0.614. The lowest BCUT2D eigenvalue weighted by Crippen LogP contribution is -2.04. The van der Waals surface area contributed by atoms with Crippen LogP contribution in [0.15, 0.2) is 58.8 Å². The maximum absolute atomic E-state index is 5.88. The van der Waals surface area contributed by atoms with Crippen molar-refractivity contribution in [3.8, 4) is 0 Å². The van der Waals surface area contributed by atoms with Crippen LogP contribution in [0.2, 0.25) is 0 Å². The van der Waals surface area contributed by atoms with Gasteiger partial charge in [0, 0.05) is 6.20 Å². The molecule has 3 aromatic rings. The van der Waals surface area contributed by atoms with Crippen LogP contribution in [0.1, 0.15) is 5.56 Å². The van der Waals surface area contributed by atoms with Crippen LogP contribution in [0.4, 0.5) is 5.69 Å². The Hall–Kier alpha value is -2.41. The van der Waals surface area contributed by atoms with Crippen molar-refractivity contribution in [1.82, 2.24) is 25.2 Å². The van der Waals surface area contributed by atoms with Crippen LogP contribution in [0, 0.1) is 0 Å². The Morgan fingerprint density at radius 2 is 1.95 bits per heavy atom. The third-order valence-corrected chi connectivity index (χ3v) is 3.67. The molecule has 2 N–H and O–H groups in total. The van der Waals surface area contributed by atoms with Gasteiger partial charge in [-0.1, -0.05) is 30.3 Å². The smallest absolute Gasteiger partial charge is 0.216 e. The first-order valence-corrected chi connectivity index (χ1v) is 6.83. The Kier molecular flexibility index (Phi) is 3.60. The highest BCUT2D eigenvalue weighted by molar-refractivity contribution is 7.99. The van der Waals surface area contributed by atoms with Crippen LogP contribution >= 0.6 is 11.8 Å². The number of tetrazole rings is 1. The Morgan fingerprint density at radius 3 is 2.75 bits per heavy atom. The second-order valence-electron chi connectivity index (χ2n) is 4.10. The van der Waals surface area contributed by atoms with Gasteiger partial charge in [-0.3, -0.25) is 0 Å². The van der Waals surface area contributed by atoms with E-state index < -0.39 is 0 Å². The van der Waals surface area contributed by atoms with E-state index >= 15 is 0 Å². The van der Waals surface area contributed by atoms with Crippen molar-refractivity contribution in [3.05, 3.63) is 54.2 Å². The molecule has 0 radical (unpaired) electrons. The predicted molar refractivity (Wildman–Crippen MR) is 76.1 cm³/mol. The molecule has 20 heavy (non-hydrogen) atoms. The first kappa shape index (κ1) is 12.6.